The first kappa shape index (κ1) is 23.0. The number of benzene rings is 1. The van der Waals surface area contributed by atoms with Crippen molar-refractivity contribution in [1.29, 1.82) is 0 Å². The van der Waals surface area contributed by atoms with Gasteiger partial charge in [-0.2, -0.15) is 10.2 Å². The summed E-state index contributed by atoms with van der Waals surface area (Å²) < 4.78 is 8.02. The van der Waals surface area contributed by atoms with E-state index in [2.05, 4.69) is 58.2 Å². The van der Waals surface area contributed by atoms with Gasteiger partial charge in [0.2, 0.25) is 0 Å². The molecule has 3 aromatic heterocycles. The Bertz CT molecular complexity index is 1270. The van der Waals surface area contributed by atoms with Crippen molar-refractivity contribution < 1.29 is 4.74 Å². The lowest BCUT2D eigenvalue weighted by molar-refractivity contribution is 0.212. The number of anilines is 1. The van der Waals surface area contributed by atoms with Crippen LogP contribution in [0.5, 0.6) is 11.6 Å². The number of nitrogens with zero attached hydrogens (tertiary/aromatic N) is 6. The van der Waals surface area contributed by atoms with Gasteiger partial charge in [0.05, 0.1) is 36.5 Å². The van der Waals surface area contributed by atoms with Gasteiger partial charge in [0.1, 0.15) is 0 Å². The summed E-state index contributed by atoms with van der Waals surface area (Å²) in [5, 5.41) is 11.4. The average molecular weight is 473 g/mol. The van der Waals surface area contributed by atoms with Crippen molar-refractivity contribution in [3.63, 3.8) is 0 Å². The second-order valence-electron chi connectivity index (χ2n) is 9.43. The summed E-state index contributed by atoms with van der Waals surface area (Å²) in [6, 6.07) is 4.69. The standard InChI is InChI=1S/C26H32N8O/c1-17-10-20(11-18(2)23(17)5-4-19-12-29-30-13-19)24-15-28-25(27)26(32-24)35-22-14-31-34(16-22)21-6-8-33(3)9-7-21/h10-16,21H,4-9H2,1-3H3,(H2,27,28)(H,29,30). The van der Waals surface area contributed by atoms with Gasteiger partial charge in [-0.05, 0) is 94.1 Å². The van der Waals surface area contributed by atoms with E-state index >= 15 is 0 Å². The molecule has 0 amide bonds. The number of nitrogens with two attached hydrogens (primary N) is 1. The minimum atomic E-state index is 0.256. The zero-order chi connectivity index (χ0) is 24.4. The number of nitrogen functional groups attached to an aromatic ring is 1. The lowest BCUT2D eigenvalue weighted by Crippen LogP contribution is -2.31. The Labute approximate surface area is 205 Å². The number of aryl methyl sites for hydroxylation is 3. The molecule has 0 spiro atoms. The first-order chi connectivity index (χ1) is 17.0. The van der Waals surface area contributed by atoms with Crippen molar-refractivity contribution in [1.82, 2.24) is 34.8 Å². The molecule has 0 unspecified atom stereocenters. The number of nitrogens with one attached hydrogen (secondary N) is 1. The van der Waals surface area contributed by atoms with Gasteiger partial charge in [0.15, 0.2) is 11.6 Å². The van der Waals surface area contributed by atoms with E-state index in [1.54, 1.807) is 12.4 Å². The van der Waals surface area contributed by atoms with Crippen LogP contribution in [0.25, 0.3) is 11.3 Å². The molecule has 4 heterocycles. The fraction of sp³-hybridized carbons (Fsp3) is 0.385. The van der Waals surface area contributed by atoms with E-state index in [9.17, 15) is 0 Å². The SMILES string of the molecule is Cc1cc(-c2cnc(N)c(Oc3cnn(C4CCN(C)CC4)c3)n2)cc(C)c1CCc1cn[nH]c1. The van der Waals surface area contributed by atoms with E-state index in [0.717, 1.165) is 50.0 Å². The van der Waals surface area contributed by atoms with Gasteiger partial charge in [-0.15, -0.1) is 0 Å². The van der Waals surface area contributed by atoms with Crippen molar-refractivity contribution in [3.05, 3.63) is 65.4 Å². The summed E-state index contributed by atoms with van der Waals surface area (Å²) in [4.78, 5) is 11.4. The van der Waals surface area contributed by atoms with Gasteiger partial charge in [-0.3, -0.25) is 9.78 Å². The van der Waals surface area contributed by atoms with Crippen LogP contribution >= 0.6 is 0 Å². The van der Waals surface area contributed by atoms with Crippen LogP contribution in [0, 0.1) is 13.8 Å². The van der Waals surface area contributed by atoms with Crippen LogP contribution in [0.3, 0.4) is 0 Å². The minimum absolute atomic E-state index is 0.256. The number of ether oxygens (including phenoxy) is 1. The molecule has 0 saturated carbocycles. The summed E-state index contributed by atoms with van der Waals surface area (Å²) in [5.41, 5.74) is 12.8. The van der Waals surface area contributed by atoms with E-state index < -0.39 is 0 Å². The molecular formula is C26H32N8O. The maximum Gasteiger partial charge on any atom is 0.263 e. The van der Waals surface area contributed by atoms with Crippen molar-refractivity contribution in [2.45, 2.75) is 45.6 Å². The lowest BCUT2D eigenvalue weighted by Gasteiger charge is -2.28. The fourth-order valence-corrected chi connectivity index (χ4v) is 4.76. The summed E-state index contributed by atoms with van der Waals surface area (Å²) >= 11 is 0. The number of likely N-dealkylation sites (tertiary alicyclic amines) is 1. The molecule has 35 heavy (non-hydrogen) atoms. The van der Waals surface area contributed by atoms with Crippen LogP contribution in [-0.4, -0.2) is 55.0 Å². The smallest absolute Gasteiger partial charge is 0.263 e. The topological polar surface area (TPSA) is 111 Å². The second kappa shape index (κ2) is 9.87. The van der Waals surface area contributed by atoms with E-state index in [1.807, 2.05) is 23.3 Å². The molecule has 182 valence electrons. The fourth-order valence-electron chi connectivity index (χ4n) is 4.76. The van der Waals surface area contributed by atoms with E-state index in [0.29, 0.717) is 17.7 Å². The van der Waals surface area contributed by atoms with Gasteiger partial charge in [0, 0.05) is 11.8 Å². The molecule has 1 saturated heterocycles. The maximum absolute atomic E-state index is 6.11. The number of hydrogen-bond acceptors (Lipinski definition) is 7. The summed E-state index contributed by atoms with van der Waals surface area (Å²) in [6.07, 6.45) is 13.2. The number of piperidine rings is 1. The zero-order valence-corrected chi connectivity index (χ0v) is 20.5. The van der Waals surface area contributed by atoms with Crippen LogP contribution in [-0.2, 0) is 12.8 Å². The Morgan fingerprint density at radius 1 is 1.09 bits per heavy atom. The number of rotatable bonds is 7. The van der Waals surface area contributed by atoms with Crippen molar-refractivity contribution in [2.75, 3.05) is 25.9 Å². The number of H-pyrrole nitrogens is 1. The minimum Gasteiger partial charge on any atom is -0.433 e. The third-order valence-electron chi connectivity index (χ3n) is 6.83. The highest BCUT2D eigenvalue weighted by Gasteiger charge is 2.20. The molecule has 3 N–H and O–H groups in total. The van der Waals surface area contributed by atoms with E-state index in [-0.39, 0.29) is 5.82 Å². The molecular weight excluding hydrogens is 440 g/mol. The molecule has 1 aliphatic heterocycles. The van der Waals surface area contributed by atoms with Gasteiger partial charge in [-0.1, -0.05) is 0 Å². The number of aromatic nitrogens is 6. The van der Waals surface area contributed by atoms with Crippen LogP contribution in [0.15, 0.2) is 43.1 Å². The first-order valence-electron chi connectivity index (χ1n) is 12.1. The van der Waals surface area contributed by atoms with Crippen LogP contribution in [0.1, 0.15) is 41.1 Å². The van der Waals surface area contributed by atoms with Crippen molar-refractivity contribution >= 4 is 5.82 Å². The molecule has 0 aliphatic carbocycles. The third-order valence-corrected chi connectivity index (χ3v) is 6.83. The molecule has 9 nitrogen and oxygen atoms in total. The largest absolute Gasteiger partial charge is 0.433 e. The Balaban J connectivity index is 1.33. The molecule has 9 heteroatoms. The van der Waals surface area contributed by atoms with Gasteiger partial charge < -0.3 is 15.4 Å². The number of aromatic amines is 1. The van der Waals surface area contributed by atoms with Crippen molar-refractivity contribution in [3.8, 4) is 22.9 Å². The first-order valence-corrected chi connectivity index (χ1v) is 12.1. The lowest BCUT2D eigenvalue weighted by atomic mass is 9.94. The Kier molecular flexibility index (Phi) is 6.50. The summed E-state index contributed by atoms with van der Waals surface area (Å²) in [7, 11) is 2.15. The molecule has 1 aromatic carbocycles. The summed E-state index contributed by atoms with van der Waals surface area (Å²) in [6.45, 7) is 6.42. The van der Waals surface area contributed by atoms with Gasteiger partial charge >= 0.3 is 0 Å². The van der Waals surface area contributed by atoms with Crippen LogP contribution in [0.2, 0.25) is 0 Å². The second-order valence-corrected chi connectivity index (χ2v) is 9.43. The van der Waals surface area contributed by atoms with E-state index in [4.69, 9.17) is 15.5 Å². The third kappa shape index (κ3) is 5.19. The Hall–Kier alpha value is -3.72. The highest BCUT2D eigenvalue weighted by atomic mass is 16.5. The molecule has 4 aromatic rings. The van der Waals surface area contributed by atoms with Gasteiger partial charge in [-0.25, -0.2) is 9.97 Å². The molecule has 5 rings (SSSR count). The zero-order valence-electron chi connectivity index (χ0n) is 20.5. The predicted molar refractivity (Wildman–Crippen MR) is 135 cm³/mol. The molecule has 0 atom stereocenters. The highest BCUT2D eigenvalue weighted by molar-refractivity contribution is 5.64. The van der Waals surface area contributed by atoms with E-state index in [1.165, 1.54) is 22.3 Å². The normalized spacial score (nSPS) is 14.9. The average Bonchev–Trinajstić information content (AvgIpc) is 3.53. The van der Waals surface area contributed by atoms with Crippen molar-refractivity contribution in [2.24, 2.45) is 0 Å². The van der Waals surface area contributed by atoms with Crippen LogP contribution < -0.4 is 10.5 Å². The number of hydrogen-bond donors (Lipinski definition) is 2. The highest BCUT2D eigenvalue weighted by Crippen LogP contribution is 2.30. The maximum atomic E-state index is 6.11. The Morgan fingerprint density at radius 2 is 1.86 bits per heavy atom. The molecule has 1 aliphatic rings. The summed E-state index contributed by atoms with van der Waals surface area (Å²) in [5.74, 6) is 1.17. The monoisotopic (exact) mass is 472 g/mol. The molecule has 1 fully saturated rings. The predicted octanol–water partition coefficient (Wildman–Crippen LogP) is 4.11. The Morgan fingerprint density at radius 3 is 2.57 bits per heavy atom. The molecule has 0 bridgehead atoms. The quantitative estimate of drug-likeness (QED) is 0.416. The van der Waals surface area contributed by atoms with Gasteiger partial charge in [0.25, 0.3) is 5.88 Å². The van der Waals surface area contributed by atoms with Crippen LogP contribution in [0.4, 0.5) is 5.82 Å². The molecule has 0 radical (unpaired) electrons.